The summed E-state index contributed by atoms with van der Waals surface area (Å²) in [6.45, 7) is 4.98. The van der Waals surface area contributed by atoms with Gasteiger partial charge in [-0.15, -0.1) is 0 Å². The minimum absolute atomic E-state index is 0.0160. The van der Waals surface area contributed by atoms with E-state index in [9.17, 15) is 9.90 Å². The number of para-hydroxylation sites is 1. The molecular weight excluding hydrogens is 168 g/mol. The van der Waals surface area contributed by atoms with E-state index in [0.717, 1.165) is 6.08 Å². The lowest BCUT2D eigenvalue weighted by atomic mass is 10.2. The number of aryl methyl sites for hydroxylation is 1. The highest BCUT2D eigenvalue weighted by atomic mass is 16.5. The highest BCUT2D eigenvalue weighted by Crippen LogP contribution is 2.28. The summed E-state index contributed by atoms with van der Waals surface area (Å²) in [6.07, 6.45) is 1.04. The average Bonchev–Trinajstić information content (AvgIpc) is 2.13. The molecule has 68 valence electrons. The van der Waals surface area contributed by atoms with Crippen LogP contribution in [0.25, 0.3) is 0 Å². The van der Waals surface area contributed by atoms with E-state index in [2.05, 4.69) is 6.58 Å². The minimum Gasteiger partial charge on any atom is -0.504 e. The van der Waals surface area contributed by atoms with E-state index in [4.69, 9.17) is 4.74 Å². The molecule has 0 saturated heterocycles. The Bertz CT molecular complexity index is 342. The molecule has 0 bridgehead atoms. The number of aromatic hydroxyl groups is 1. The molecule has 0 fully saturated rings. The SMILES string of the molecule is C=CC(=O)Oc1cccc(C)c1O. The van der Waals surface area contributed by atoms with Gasteiger partial charge in [-0.3, -0.25) is 0 Å². The first kappa shape index (κ1) is 9.32. The van der Waals surface area contributed by atoms with Crippen molar-refractivity contribution in [2.24, 2.45) is 0 Å². The number of rotatable bonds is 2. The molecule has 0 spiro atoms. The summed E-state index contributed by atoms with van der Waals surface area (Å²) in [5.74, 6) is -0.441. The van der Waals surface area contributed by atoms with E-state index in [1.54, 1.807) is 19.1 Å². The number of hydrogen-bond acceptors (Lipinski definition) is 3. The van der Waals surface area contributed by atoms with Gasteiger partial charge in [0.05, 0.1) is 0 Å². The summed E-state index contributed by atoms with van der Waals surface area (Å²) in [6, 6.07) is 4.94. The van der Waals surface area contributed by atoms with Crippen molar-refractivity contribution in [1.82, 2.24) is 0 Å². The number of phenols is 1. The predicted octanol–water partition coefficient (Wildman–Crippen LogP) is 1.79. The molecule has 0 heterocycles. The first-order valence-corrected chi connectivity index (χ1v) is 3.78. The average molecular weight is 178 g/mol. The van der Waals surface area contributed by atoms with Gasteiger partial charge in [-0.1, -0.05) is 18.7 Å². The zero-order valence-corrected chi connectivity index (χ0v) is 7.28. The molecule has 1 rings (SSSR count). The number of phenolic OH excluding ortho intramolecular Hbond substituents is 1. The quantitative estimate of drug-likeness (QED) is 0.426. The Kier molecular flexibility index (Phi) is 2.69. The van der Waals surface area contributed by atoms with E-state index in [1.807, 2.05) is 0 Å². The maximum atomic E-state index is 10.8. The molecule has 0 radical (unpaired) electrons. The van der Waals surface area contributed by atoms with E-state index in [0.29, 0.717) is 5.56 Å². The Hall–Kier alpha value is -1.77. The monoisotopic (exact) mass is 178 g/mol. The summed E-state index contributed by atoms with van der Waals surface area (Å²) >= 11 is 0. The molecule has 1 aromatic rings. The lowest BCUT2D eigenvalue weighted by molar-refractivity contribution is -0.129. The Morgan fingerprint density at radius 3 is 2.92 bits per heavy atom. The van der Waals surface area contributed by atoms with E-state index >= 15 is 0 Å². The van der Waals surface area contributed by atoms with E-state index in [1.165, 1.54) is 6.07 Å². The number of carbonyl (C=O) groups is 1. The van der Waals surface area contributed by atoms with Crippen LogP contribution in [0.2, 0.25) is 0 Å². The maximum Gasteiger partial charge on any atom is 0.335 e. The van der Waals surface area contributed by atoms with Crippen molar-refractivity contribution in [3.05, 3.63) is 36.4 Å². The van der Waals surface area contributed by atoms with Gasteiger partial charge in [0, 0.05) is 6.08 Å². The van der Waals surface area contributed by atoms with Crippen molar-refractivity contribution < 1.29 is 14.6 Å². The Balaban J connectivity index is 2.95. The molecule has 0 saturated carbocycles. The van der Waals surface area contributed by atoms with Gasteiger partial charge in [0.1, 0.15) is 0 Å². The molecule has 1 N–H and O–H groups in total. The van der Waals surface area contributed by atoms with Crippen molar-refractivity contribution in [3.63, 3.8) is 0 Å². The molecule has 0 aliphatic heterocycles. The summed E-state index contributed by atoms with van der Waals surface area (Å²) < 4.78 is 4.77. The fraction of sp³-hybridized carbons (Fsp3) is 0.100. The van der Waals surface area contributed by atoms with Crippen molar-refractivity contribution >= 4 is 5.97 Å². The first-order valence-electron chi connectivity index (χ1n) is 3.78. The zero-order chi connectivity index (χ0) is 9.84. The number of esters is 1. The smallest absolute Gasteiger partial charge is 0.335 e. The fourth-order valence-electron chi connectivity index (χ4n) is 0.864. The van der Waals surface area contributed by atoms with Gasteiger partial charge in [-0.25, -0.2) is 4.79 Å². The van der Waals surface area contributed by atoms with Gasteiger partial charge >= 0.3 is 5.97 Å². The molecule has 13 heavy (non-hydrogen) atoms. The van der Waals surface area contributed by atoms with E-state index < -0.39 is 5.97 Å². The molecular formula is C10H10O3. The molecule has 0 aliphatic rings. The first-order chi connectivity index (χ1) is 6.15. The van der Waals surface area contributed by atoms with Gasteiger partial charge < -0.3 is 9.84 Å². The van der Waals surface area contributed by atoms with Gasteiger partial charge in [0.15, 0.2) is 11.5 Å². The van der Waals surface area contributed by atoms with Crippen LogP contribution < -0.4 is 4.74 Å². The van der Waals surface area contributed by atoms with Gasteiger partial charge in [0.25, 0.3) is 0 Å². The third-order valence-corrected chi connectivity index (χ3v) is 1.58. The van der Waals surface area contributed by atoms with Crippen LogP contribution in [0.15, 0.2) is 30.9 Å². The second-order valence-electron chi connectivity index (χ2n) is 2.55. The van der Waals surface area contributed by atoms with Gasteiger partial charge in [-0.2, -0.15) is 0 Å². The summed E-state index contributed by atoms with van der Waals surface area (Å²) in [4.78, 5) is 10.8. The number of carbonyl (C=O) groups excluding carboxylic acids is 1. The largest absolute Gasteiger partial charge is 0.504 e. The van der Waals surface area contributed by atoms with Crippen LogP contribution in [0.5, 0.6) is 11.5 Å². The summed E-state index contributed by atoms with van der Waals surface area (Å²) in [5, 5.41) is 9.43. The van der Waals surface area contributed by atoms with E-state index in [-0.39, 0.29) is 11.5 Å². The van der Waals surface area contributed by atoms with Gasteiger partial charge in [0.2, 0.25) is 0 Å². The lowest BCUT2D eigenvalue weighted by Gasteiger charge is -2.05. The van der Waals surface area contributed by atoms with Crippen LogP contribution in [-0.4, -0.2) is 11.1 Å². The molecule has 0 aromatic heterocycles. The Morgan fingerprint density at radius 2 is 2.31 bits per heavy atom. The normalized spacial score (nSPS) is 9.31. The highest BCUT2D eigenvalue weighted by molar-refractivity contribution is 5.83. The molecule has 0 amide bonds. The maximum absolute atomic E-state index is 10.8. The topological polar surface area (TPSA) is 46.5 Å². The predicted molar refractivity (Wildman–Crippen MR) is 48.7 cm³/mol. The fourth-order valence-corrected chi connectivity index (χ4v) is 0.864. The minimum atomic E-state index is -0.582. The van der Waals surface area contributed by atoms with Crippen LogP contribution in [0, 0.1) is 6.92 Å². The van der Waals surface area contributed by atoms with Crippen LogP contribution in [0.1, 0.15) is 5.56 Å². The summed E-state index contributed by atoms with van der Waals surface area (Å²) in [5.41, 5.74) is 0.661. The second-order valence-corrected chi connectivity index (χ2v) is 2.55. The molecule has 0 atom stereocenters. The molecule has 0 aliphatic carbocycles. The van der Waals surface area contributed by atoms with Crippen LogP contribution in [0.3, 0.4) is 0 Å². The van der Waals surface area contributed by atoms with Crippen molar-refractivity contribution in [3.8, 4) is 11.5 Å². The third-order valence-electron chi connectivity index (χ3n) is 1.58. The van der Waals surface area contributed by atoms with Crippen molar-refractivity contribution in [2.45, 2.75) is 6.92 Å². The Morgan fingerprint density at radius 1 is 1.62 bits per heavy atom. The molecule has 1 aromatic carbocycles. The number of hydrogen-bond donors (Lipinski definition) is 1. The van der Waals surface area contributed by atoms with Crippen molar-refractivity contribution in [1.29, 1.82) is 0 Å². The number of ether oxygens (including phenoxy) is 1. The standard InChI is InChI=1S/C10H10O3/c1-3-9(11)13-8-6-4-5-7(2)10(8)12/h3-6,12H,1H2,2H3. The van der Waals surface area contributed by atoms with Gasteiger partial charge in [-0.05, 0) is 18.6 Å². The summed E-state index contributed by atoms with van der Waals surface area (Å²) in [7, 11) is 0. The Labute approximate surface area is 76.3 Å². The number of benzene rings is 1. The molecule has 0 unspecified atom stereocenters. The lowest BCUT2D eigenvalue weighted by Crippen LogP contribution is -2.03. The third kappa shape index (κ3) is 2.08. The van der Waals surface area contributed by atoms with Crippen LogP contribution >= 0.6 is 0 Å². The molecule has 3 heteroatoms. The van der Waals surface area contributed by atoms with Crippen molar-refractivity contribution in [2.75, 3.05) is 0 Å². The zero-order valence-electron chi connectivity index (χ0n) is 7.28. The second kappa shape index (κ2) is 3.76. The molecule has 3 nitrogen and oxygen atoms in total. The highest BCUT2D eigenvalue weighted by Gasteiger charge is 2.06. The van der Waals surface area contributed by atoms with Crippen LogP contribution in [-0.2, 0) is 4.79 Å². The van der Waals surface area contributed by atoms with Crippen LogP contribution in [0.4, 0.5) is 0 Å².